The first-order chi connectivity index (χ1) is 5.54. The average Bonchev–Trinajstić information content (AvgIpc) is 2.03. The largest absolute Gasteiger partial charge is 0.238 e. The molecule has 0 atom stereocenters. The lowest BCUT2D eigenvalue weighted by atomic mass is 10.3. The zero-order valence-corrected chi connectivity index (χ0v) is 6.78. The van der Waals surface area contributed by atoms with Gasteiger partial charge in [0.05, 0.1) is 4.90 Å². The Hall–Kier alpha value is -1.27. The number of sulfonamides is 1. The quantitative estimate of drug-likeness (QED) is 0.690. The Morgan fingerprint density at radius 3 is 2.00 bits per heavy atom. The number of nitroso groups, excluding NO2 is 1. The number of rotatable bonds is 2. The van der Waals surface area contributed by atoms with Gasteiger partial charge in [0.25, 0.3) is 0 Å². The molecule has 0 bridgehead atoms. The standard InChI is InChI=1S/C6H6N2O3S/c7-12(10,11)6-3-1-5(8-9)2-4-6/h1-4H,(H2,7,10,11). The molecule has 64 valence electrons. The lowest BCUT2D eigenvalue weighted by Gasteiger charge is -1.95. The summed E-state index contributed by atoms with van der Waals surface area (Å²) in [5, 5.41) is 7.42. The Labute approximate surface area is 69.2 Å². The van der Waals surface area contributed by atoms with Crippen molar-refractivity contribution < 1.29 is 8.42 Å². The van der Waals surface area contributed by atoms with Gasteiger partial charge in [-0.2, -0.15) is 0 Å². The van der Waals surface area contributed by atoms with E-state index in [1.807, 2.05) is 0 Å². The van der Waals surface area contributed by atoms with Crippen LogP contribution in [0.4, 0.5) is 5.69 Å². The van der Waals surface area contributed by atoms with Gasteiger partial charge in [0.1, 0.15) is 5.69 Å². The first-order valence-electron chi connectivity index (χ1n) is 3.00. The van der Waals surface area contributed by atoms with Crippen LogP contribution in [-0.2, 0) is 10.0 Å². The summed E-state index contributed by atoms with van der Waals surface area (Å²) >= 11 is 0. The molecule has 0 amide bonds. The van der Waals surface area contributed by atoms with Crippen molar-refractivity contribution in [1.29, 1.82) is 0 Å². The molecule has 0 aliphatic carbocycles. The predicted molar refractivity (Wildman–Crippen MR) is 43.3 cm³/mol. The van der Waals surface area contributed by atoms with Crippen LogP contribution in [-0.4, -0.2) is 8.42 Å². The third-order valence-electron chi connectivity index (χ3n) is 1.27. The summed E-state index contributed by atoms with van der Waals surface area (Å²) in [4.78, 5) is 9.90. The maximum absolute atomic E-state index is 10.7. The van der Waals surface area contributed by atoms with Crippen molar-refractivity contribution >= 4 is 15.7 Å². The molecule has 0 saturated carbocycles. The van der Waals surface area contributed by atoms with E-state index in [1.54, 1.807) is 0 Å². The van der Waals surface area contributed by atoms with E-state index in [-0.39, 0.29) is 10.6 Å². The van der Waals surface area contributed by atoms with Gasteiger partial charge in [-0.05, 0) is 29.4 Å². The summed E-state index contributed by atoms with van der Waals surface area (Å²) in [7, 11) is -3.67. The fraction of sp³-hybridized carbons (Fsp3) is 0. The number of nitrogens with two attached hydrogens (primary N) is 1. The van der Waals surface area contributed by atoms with Crippen molar-refractivity contribution in [2.45, 2.75) is 4.90 Å². The second-order valence-electron chi connectivity index (χ2n) is 2.13. The third-order valence-corrected chi connectivity index (χ3v) is 2.20. The van der Waals surface area contributed by atoms with E-state index in [4.69, 9.17) is 5.14 Å². The molecule has 0 saturated heterocycles. The summed E-state index contributed by atoms with van der Waals surface area (Å²) in [5.74, 6) is 0. The Morgan fingerprint density at radius 2 is 1.67 bits per heavy atom. The maximum Gasteiger partial charge on any atom is 0.238 e. The predicted octanol–water partition coefficient (Wildman–Crippen LogP) is 0.732. The molecular weight excluding hydrogens is 180 g/mol. The third kappa shape index (κ3) is 1.86. The molecule has 1 aromatic rings. The molecule has 12 heavy (non-hydrogen) atoms. The van der Waals surface area contributed by atoms with Crippen molar-refractivity contribution in [3.05, 3.63) is 29.2 Å². The summed E-state index contributed by atoms with van der Waals surface area (Å²) in [6, 6.07) is 5.03. The van der Waals surface area contributed by atoms with E-state index in [2.05, 4.69) is 5.18 Å². The molecule has 6 heteroatoms. The molecule has 5 nitrogen and oxygen atoms in total. The normalized spacial score (nSPS) is 11.1. The molecule has 0 unspecified atom stereocenters. The van der Waals surface area contributed by atoms with Gasteiger partial charge < -0.3 is 0 Å². The molecule has 0 spiro atoms. The molecule has 1 aromatic carbocycles. The molecule has 0 radical (unpaired) electrons. The average molecular weight is 186 g/mol. The van der Waals surface area contributed by atoms with Gasteiger partial charge in [0.2, 0.25) is 10.0 Å². The number of nitrogens with zero attached hydrogens (tertiary/aromatic N) is 1. The molecule has 0 heterocycles. The highest BCUT2D eigenvalue weighted by Crippen LogP contribution is 2.14. The highest BCUT2D eigenvalue weighted by molar-refractivity contribution is 7.89. The first-order valence-corrected chi connectivity index (χ1v) is 4.55. The van der Waals surface area contributed by atoms with Crippen LogP contribution in [0.1, 0.15) is 0 Å². The molecule has 0 aromatic heterocycles. The van der Waals surface area contributed by atoms with E-state index in [1.165, 1.54) is 24.3 Å². The minimum atomic E-state index is -3.67. The topological polar surface area (TPSA) is 89.6 Å². The van der Waals surface area contributed by atoms with Crippen LogP contribution in [0.25, 0.3) is 0 Å². The van der Waals surface area contributed by atoms with Crippen LogP contribution in [0, 0.1) is 4.91 Å². The number of hydrogen-bond donors (Lipinski definition) is 1. The Bertz CT molecular complexity index is 382. The highest BCUT2D eigenvalue weighted by atomic mass is 32.2. The van der Waals surface area contributed by atoms with Gasteiger partial charge >= 0.3 is 0 Å². The van der Waals surface area contributed by atoms with Gasteiger partial charge in [-0.1, -0.05) is 0 Å². The molecule has 0 aliphatic heterocycles. The fourth-order valence-electron chi connectivity index (χ4n) is 0.697. The smallest absolute Gasteiger partial charge is 0.225 e. The minimum Gasteiger partial charge on any atom is -0.225 e. The van der Waals surface area contributed by atoms with E-state index in [9.17, 15) is 13.3 Å². The van der Waals surface area contributed by atoms with E-state index in [0.717, 1.165) is 0 Å². The van der Waals surface area contributed by atoms with Crippen LogP contribution in [0.5, 0.6) is 0 Å². The number of hydrogen-bond acceptors (Lipinski definition) is 4. The van der Waals surface area contributed by atoms with Crippen LogP contribution in [0.15, 0.2) is 34.3 Å². The number of primary sulfonamides is 1. The Kier molecular flexibility index (Phi) is 2.20. The van der Waals surface area contributed by atoms with Gasteiger partial charge in [0.15, 0.2) is 0 Å². The number of benzene rings is 1. The summed E-state index contributed by atoms with van der Waals surface area (Å²) < 4.78 is 21.4. The van der Waals surface area contributed by atoms with E-state index in [0.29, 0.717) is 0 Å². The highest BCUT2D eigenvalue weighted by Gasteiger charge is 2.05. The Morgan fingerprint density at radius 1 is 1.17 bits per heavy atom. The van der Waals surface area contributed by atoms with E-state index >= 15 is 0 Å². The van der Waals surface area contributed by atoms with Gasteiger partial charge in [-0.25, -0.2) is 13.6 Å². The SMILES string of the molecule is NS(=O)(=O)c1ccc(N=O)cc1. The van der Waals surface area contributed by atoms with E-state index < -0.39 is 10.0 Å². The Balaban J connectivity index is 3.17. The summed E-state index contributed by atoms with van der Waals surface area (Å²) in [5.41, 5.74) is 0.169. The second-order valence-corrected chi connectivity index (χ2v) is 3.69. The van der Waals surface area contributed by atoms with Crippen molar-refractivity contribution in [3.8, 4) is 0 Å². The zero-order chi connectivity index (χ0) is 9.19. The molecular formula is C6H6N2O3S. The lowest BCUT2D eigenvalue weighted by molar-refractivity contribution is 0.598. The van der Waals surface area contributed by atoms with Crippen molar-refractivity contribution in [2.75, 3.05) is 0 Å². The molecule has 1 rings (SSSR count). The zero-order valence-electron chi connectivity index (χ0n) is 5.97. The fourth-order valence-corrected chi connectivity index (χ4v) is 1.21. The molecule has 2 N–H and O–H groups in total. The van der Waals surface area contributed by atoms with Crippen LogP contribution in [0.2, 0.25) is 0 Å². The minimum absolute atomic E-state index is 0.0325. The summed E-state index contributed by atoms with van der Waals surface area (Å²) in [6.45, 7) is 0. The van der Waals surface area contributed by atoms with Gasteiger partial charge in [0, 0.05) is 0 Å². The lowest BCUT2D eigenvalue weighted by Crippen LogP contribution is -2.11. The molecule has 0 fully saturated rings. The first kappa shape index (κ1) is 8.82. The van der Waals surface area contributed by atoms with Crippen molar-refractivity contribution in [3.63, 3.8) is 0 Å². The summed E-state index contributed by atoms with van der Waals surface area (Å²) in [6.07, 6.45) is 0. The van der Waals surface area contributed by atoms with Crippen LogP contribution < -0.4 is 5.14 Å². The van der Waals surface area contributed by atoms with Gasteiger partial charge in [-0.15, -0.1) is 4.91 Å². The molecule has 0 aliphatic rings. The van der Waals surface area contributed by atoms with Gasteiger partial charge in [-0.3, -0.25) is 0 Å². The maximum atomic E-state index is 10.7. The van der Waals surface area contributed by atoms with Crippen molar-refractivity contribution in [1.82, 2.24) is 0 Å². The monoisotopic (exact) mass is 186 g/mol. The second kappa shape index (κ2) is 3.00. The van der Waals surface area contributed by atoms with Crippen LogP contribution in [0.3, 0.4) is 0 Å². The van der Waals surface area contributed by atoms with Crippen LogP contribution >= 0.6 is 0 Å². The van der Waals surface area contributed by atoms with Crippen molar-refractivity contribution in [2.24, 2.45) is 10.3 Å².